The maximum absolute atomic E-state index is 5.90. The molecule has 1 aromatic heterocycles. The molecule has 1 saturated heterocycles. The van der Waals surface area contributed by atoms with Gasteiger partial charge in [0.2, 0.25) is 0 Å². The highest BCUT2D eigenvalue weighted by atomic mass is 15.2. The van der Waals surface area contributed by atoms with Gasteiger partial charge in [-0.2, -0.15) is 0 Å². The highest BCUT2D eigenvalue weighted by Gasteiger charge is 2.24. The van der Waals surface area contributed by atoms with Crippen LogP contribution < -0.4 is 10.6 Å². The molecule has 82 valence electrons. The van der Waals surface area contributed by atoms with Crippen molar-refractivity contribution in [3.8, 4) is 0 Å². The first kappa shape index (κ1) is 10.2. The van der Waals surface area contributed by atoms with Gasteiger partial charge in [-0.05, 0) is 26.6 Å². The lowest BCUT2D eigenvalue weighted by atomic mass is 10.2. The number of rotatable bonds is 2. The average Bonchev–Trinajstić information content (AvgIpc) is 2.67. The van der Waals surface area contributed by atoms with E-state index in [1.165, 1.54) is 6.42 Å². The number of pyridine rings is 1. The number of hydrogen-bond acceptors (Lipinski definition) is 4. The average molecular weight is 206 g/mol. The molecule has 0 amide bonds. The molecule has 2 N–H and O–H groups in total. The first-order valence-electron chi connectivity index (χ1n) is 5.29. The summed E-state index contributed by atoms with van der Waals surface area (Å²) in [5, 5.41) is 0. The molecule has 1 fully saturated rings. The van der Waals surface area contributed by atoms with Gasteiger partial charge in [0.25, 0.3) is 0 Å². The van der Waals surface area contributed by atoms with Gasteiger partial charge in [0.05, 0.1) is 17.6 Å². The summed E-state index contributed by atoms with van der Waals surface area (Å²) in [6.45, 7) is 2.14. The van der Waals surface area contributed by atoms with Crippen molar-refractivity contribution in [2.24, 2.45) is 0 Å². The fraction of sp³-hybridized carbons (Fsp3) is 0.545. The highest BCUT2D eigenvalue weighted by molar-refractivity contribution is 5.66. The van der Waals surface area contributed by atoms with Crippen LogP contribution in [0.1, 0.15) is 6.42 Å². The van der Waals surface area contributed by atoms with Crippen LogP contribution in [0.3, 0.4) is 0 Å². The zero-order valence-electron chi connectivity index (χ0n) is 9.35. The van der Waals surface area contributed by atoms with Crippen molar-refractivity contribution >= 4 is 11.4 Å². The van der Waals surface area contributed by atoms with Crippen molar-refractivity contribution in [1.29, 1.82) is 0 Å². The third-order valence-corrected chi connectivity index (χ3v) is 3.06. The molecule has 2 heterocycles. The van der Waals surface area contributed by atoms with Gasteiger partial charge in [-0.15, -0.1) is 0 Å². The summed E-state index contributed by atoms with van der Waals surface area (Å²) in [7, 11) is 4.26. The second kappa shape index (κ2) is 4.06. The van der Waals surface area contributed by atoms with Gasteiger partial charge in [0.1, 0.15) is 0 Å². The smallest absolute Gasteiger partial charge is 0.0738 e. The van der Waals surface area contributed by atoms with Crippen LogP contribution >= 0.6 is 0 Å². The molecular weight excluding hydrogens is 188 g/mol. The van der Waals surface area contributed by atoms with Crippen molar-refractivity contribution < 1.29 is 0 Å². The normalized spacial score (nSPS) is 21.3. The van der Waals surface area contributed by atoms with E-state index in [1.54, 1.807) is 12.4 Å². The van der Waals surface area contributed by atoms with Gasteiger partial charge < -0.3 is 15.5 Å². The Balaban J connectivity index is 2.11. The molecule has 0 saturated carbocycles. The third kappa shape index (κ3) is 2.04. The molecule has 0 aliphatic carbocycles. The molecule has 0 bridgehead atoms. The number of aromatic nitrogens is 1. The maximum Gasteiger partial charge on any atom is 0.0738 e. The van der Waals surface area contributed by atoms with Crippen molar-refractivity contribution in [2.75, 3.05) is 37.8 Å². The molecule has 0 spiro atoms. The Bertz CT molecular complexity index is 337. The molecular formula is C11H18N4. The molecule has 0 aromatic carbocycles. The minimum atomic E-state index is 0.637. The highest BCUT2D eigenvalue weighted by Crippen LogP contribution is 2.26. The standard InChI is InChI=1S/C11H18N4/c1-14(2)9-4-6-15(8-9)11-3-5-13-7-10(11)12/h3,5,7,9H,4,6,8,12H2,1-2H3/t9-/m1/s1. The van der Waals surface area contributed by atoms with Gasteiger partial charge in [0, 0.05) is 25.3 Å². The van der Waals surface area contributed by atoms with E-state index in [0.717, 1.165) is 24.5 Å². The predicted octanol–water partition coefficient (Wildman–Crippen LogP) is 0.804. The molecule has 1 aromatic rings. The van der Waals surface area contributed by atoms with Crippen LogP contribution in [0.25, 0.3) is 0 Å². The minimum Gasteiger partial charge on any atom is -0.396 e. The van der Waals surface area contributed by atoms with E-state index >= 15 is 0 Å². The van der Waals surface area contributed by atoms with Gasteiger partial charge in [-0.1, -0.05) is 0 Å². The zero-order valence-corrected chi connectivity index (χ0v) is 9.35. The topological polar surface area (TPSA) is 45.4 Å². The van der Waals surface area contributed by atoms with Crippen LogP contribution in [0, 0.1) is 0 Å². The number of hydrogen-bond donors (Lipinski definition) is 1. The monoisotopic (exact) mass is 206 g/mol. The van der Waals surface area contributed by atoms with E-state index < -0.39 is 0 Å². The summed E-state index contributed by atoms with van der Waals surface area (Å²) in [6.07, 6.45) is 4.72. The van der Waals surface area contributed by atoms with Crippen LogP contribution in [-0.2, 0) is 0 Å². The largest absolute Gasteiger partial charge is 0.396 e. The van der Waals surface area contributed by atoms with Crippen LogP contribution in [-0.4, -0.2) is 43.1 Å². The fourth-order valence-electron chi connectivity index (χ4n) is 2.07. The Kier molecular flexibility index (Phi) is 2.77. The summed E-state index contributed by atoms with van der Waals surface area (Å²) >= 11 is 0. The first-order chi connectivity index (χ1) is 7.18. The second-order valence-electron chi connectivity index (χ2n) is 4.29. The van der Waals surface area contributed by atoms with E-state index in [1.807, 2.05) is 6.07 Å². The molecule has 0 unspecified atom stereocenters. The van der Waals surface area contributed by atoms with E-state index in [0.29, 0.717) is 6.04 Å². The Labute approximate surface area is 90.7 Å². The lowest BCUT2D eigenvalue weighted by Gasteiger charge is -2.22. The predicted molar refractivity (Wildman–Crippen MR) is 63.0 cm³/mol. The first-order valence-corrected chi connectivity index (χ1v) is 5.29. The van der Waals surface area contributed by atoms with E-state index in [2.05, 4.69) is 28.9 Å². The van der Waals surface area contributed by atoms with Crippen LogP contribution in [0.15, 0.2) is 18.5 Å². The van der Waals surface area contributed by atoms with Crippen LogP contribution in [0.2, 0.25) is 0 Å². The van der Waals surface area contributed by atoms with Gasteiger partial charge in [-0.3, -0.25) is 4.98 Å². The second-order valence-corrected chi connectivity index (χ2v) is 4.29. The zero-order chi connectivity index (χ0) is 10.8. The minimum absolute atomic E-state index is 0.637. The molecule has 4 heteroatoms. The molecule has 1 atom stereocenters. The van der Waals surface area contributed by atoms with Crippen LogP contribution in [0.5, 0.6) is 0 Å². The summed E-state index contributed by atoms with van der Waals surface area (Å²) < 4.78 is 0. The molecule has 15 heavy (non-hydrogen) atoms. The number of nitrogens with zero attached hydrogens (tertiary/aromatic N) is 3. The van der Waals surface area contributed by atoms with Crippen molar-refractivity contribution in [1.82, 2.24) is 9.88 Å². The van der Waals surface area contributed by atoms with E-state index in [4.69, 9.17) is 5.73 Å². The lowest BCUT2D eigenvalue weighted by molar-refractivity contribution is 0.315. The summed E-state index contributed by atoms with van der Waals surface area (Å²) in [6, 6.07) is 2.63. The molecule has 1 aliphatic rings. The van der Waals surface area contributed by atoms with Crippen molar-refractivity contribution in [3.05, 3.63) is 18.5 Å². The Morgan fingerprint density at radius 2 is 2.33 bits per heavy atom. The summed E-state index contributed by atoms with van der Waals surface area (Å²) in [5.74, 6) is 0. The molecule has 2 rings (SSSR count). The number of likely N-dealkylation sites (N-methyl/N-ethyl adjacent to an activating group) is 1. The quantitative estimate of drug-likeness (QED) is 0.777. The van der Waals surface area contributed by atoms with Gasteiger partial charge in [0.15, 0.2) is 0 Å². The molecule has 0 radical (unpaired) electrons. The van der Waals surface area contributed by atoms with Crippen molar-refractivity contribution in [2.45, 2.75) is 12.5 Å². The molecule has 1 aliphatic heterocycles. The number of nitrogens with two attached hydrogens (primary N) is 1. The van der Waals surface area contributed by atoms with Gasteiger partial charge >= 0.3 is 0 Å². The fourth-order valence-corrected chi connectivity index (χ4v) is 2.07. The summed E-state index contributed by atoms with van der Waals surface area (Å²) in [5.41, 5.74) is 7.80. The number of nitrogen functional groups attached to an aromatic ring is 1. The Morgan fingerprint density at radius 3 is 2.93 bits per heavy atom. The Hall–Kier alpha value is -1.29. The van der Waals surface area contributed by atoms with Gasteiger partial charge in [-0.25, -0.2) is 0 Å². The molecule has 4 nitrogen and oxygen atoms in total. The SMILES string of the molecule is CN(C)[C@@H]1CCN(c2ccncc2N)C1. The third-order valence-electron chi connectivity index (χ3n) is 3.06. The van der Waals surface area contributed by atoms with E-state index in [9.17, 15) is 0 Å². The maximum atomic E-state index is 5.90. The number of anilines is 2. The van der Waals surface area contributed by atoms with E-state index in [-0.39, 0.29) is 0 Å². The van der Waals surface area contributed by atoms with Crippen molar-refractivity contribution in [3.63, 3.8) is 0 Å². The Morgan fingerprint density at radius 1 is 1.53 bits per heavy atom. The van der Waals surface area contributed by atoms with Crippen LogP contribution in [0.4, 0.5) is 11.4 Å². The lowest BCUT2D eigenvalue weighted by Crippen LogP contribution is -2.31. The summed E-state index contributed by atoms with van der Waals surface area (Å²) in [4.78, 5) is 8.62.